The molecule has 0 bridgehead atoms. The predicted molar refractivity (Wildman–Crippen MR) is 503 cm³/mol. The molecule has 9 heterocycles. The van der Waals surface area contributed by atoms with Gasteiger partial charge in [-0.25, -0.2) is 15.0 Å². The summed E-state index contributed by atoms with van der Waals surface area (Å²) in [5, 5.41) is 60.0. The van der Waals surface area contributed by atoms with Crippen LogP contribution in [-0.4, -0.2) is 142 Å². The number of rotatable bonds is 25. The van der Waals surface area contributed by atoms with Crippen LogP contribution in [0.2, 0.25) is 15.1 Å². The molecule has 696 valence electrons. The molecule has 1 unspecified atom stereocenters. The molecule has 3 aromatic carbocycles. The van der Waals surface area contributed by atoms with Crippen molar-refractivity contribution in [1.29, 1.82) is 0 Å². The quantitative estimate of drug-likeness (QED) is 0.00698. The second kappa shape index (κ2) is 51.1. The highest BCUT2D eigenvalue weighted by atomic mass is 79.9. The number of anilines is 8. The Bertz CT molecular complexity index is 5630. The lowest BCUT2D eigenvalue weighted by molar-refractivity contribution is -0.389. The molecule has 0 spiro atoms. The number of aromatic nitrogens is 13. The van der Waals surface area contributed by atoms with Gasteiger partial charge in [-0.2, -0.15) is 41.6 Å². The number of nitro groups is 2. The van der Waals surface area contributed by atoms with E-state index in [4.69, 9.17) is 52.1 Å². The van der Waals surface area contributed by atoms with E-state index in [1.54, 1.807) is 35.3 Å². The molecule has 8 aromatic heterocycles. The number of halogens is 8. The molecule has 4 saturated carbocycles. The third-order valence-corrected chi connectivity index (χ3v) is 26.2. The van der Waals surface area contributed by atoms with Crippen molar-refractivity contribution < 1.29 is 59.6 Å². The van der Waals surface area contributed by atoms with Crippen LogP contribution in [0, 0.1) is 70.6 Å². The summed E-state index contributed by atoms with van der Waals surface area (Å²) in [6.07, 6.45) is 35.9. The number of carbonyl (C=O) groups excluding carboxylic acids is 5. The predicted octanol–water partition coefficient (Wildman–Crippen LogP) is 20.9. The first-order valence-corrected chi connectivity index (χ1v) is 47.4. The zero-order valence-electron chi connectivity index (χ0n) is 71.0. The van der Waals surface area contributed by atoms with E-state index in [9.17, 15) is 65.8 Å². The summed E-state index contributed by atoms with van der Waals surface area (Å²) >= 11 is 30.1. The van der Waals surface area contributed by atoms with Gasteiger partial charge in [-0.3, -0.25) is 42.2 Å². The Hall–Kier alpha value is -10.8. The average Bonchev–Trinajstić information content (AvgIpc) is 1.31. The Balaban J connectivity index is 0.000000176. The molecule has 16 rings (SSSR count). The molecule has 4 aliphatic carbocycles. The minimum Gasteiger partial charge on any atom is -0.382 e. The Morgan fingerprint density at radius 3 is 1.32 bits per heavy atom. The topological polar surface area (TPSA) is 443 Å². The maximum absolute atomic E-state index is 12.6. The van der Waals surface area contributed by atoms with E-state index in [-0.39, 0.29) is 47.8 Å². The molecule has 1 saturated heterocycles. The van der Waals surface area contributed by atoms with E-state index >= 15 is 0 Å². The van der Waals surface area contributed by atoms with E-state index in [0.717, 1.165) is 105 Å². The van der Waals surface area contributed by atoms with Crippen LogP contribution in [0.5, 0.6) is 0 Å². The van der Waals surface area contributed by atoms with E-state index < -0.39 is 30.7 Å². The number of aromatic amines is 1. The fourth-order valence-corrected chi connectivity index (χ4v) is 18.1. The number of amides is 4. The Morgan fingerprint density at radius 1 is 0.569 bits per heavy atom. The zero-order valence-corrected chi connectivity index (χ0v) is 78.8. The summed E-state index contributed by atoms with van der Waals surface area (Å²) in [6.45, 7) is 17.0. The van der Waals surface area contributed by atoms with Crippen LogP contribution < -0.4 is 32.3 Å². The summed E-state index contributed by atoms with van der Waals surface area (Å²) in [4.78, 5) is 93.3. The summed E-state index contributed by atoms with van der Waals surface area (Å²) in [5.74, 6) is 3.70. The van der Waals surface area contributed by atoms with Crippen LogP contribution in [0.25, 0.3) is 0 Å². The SMILES string of the molecule is C=CC(=O)Cl.C=CC(=O)N1CCC(Cn2ccc(Nc3ncc(C(=O)Nc4c(C)cccc4Cl)s3)n2)C1.Cc1cccc(Cl)c1NC(=O)c1cnc(Br)s1.Cc1cccc(Cl)c1NC(=O)c1cnc(Nc2ccn(CC3CCCC3)n2)s1.Nc1ccn(CC2CCCC2)n1.O=S(=O)(OCC1CCCC1)C(F)(F)F.O=[N+]([O-])c1ccn(CC2CCCC2)n1.O=[N+]([O-])c1ccn[nH]1. The maximum Gasteiger partial charge on any atom is 0.523 e. The number of nitrogen functional groups attached to an aromatic ring is 1. The number of benzene rings is 3. The van der Waals surface area contributed by atoms with Crippen molar-refractivity contribution in [2.75, 3.05) is 52.0 Å². The van der Waals surface area contributed by atoms with Crippen LogP contribution >= 0.6 is 96.3 Å². The van der Waals surface area contributed by atoms with Crippen LogP contribution in [0.15, 0.2) is 164 Å². The number of hydrogen-bond donors (Lipinski definition) is 7. The van der Waals surface area contributed by atoms with Gasteiger partial charge in [-0.1, -0.05) is 163 Å². The highest BCUT2D eigenvalue weighted by Gasteiger charge is 2.47. The minimum atomic E-state index is -5.39. The highest BCUT2D eigenvalue weighted by Crippen LogP contribution is 2.35. The van der Waals surface area contributed by atoms with Gasteiger partial charge >= 0.3 is 27.3 Å². The minimum absolute atomic E-state index is 0.0244. The number of para-hydroxylation sites is 3. The van der Waals surface area contributed by atoms with Crippen molar-refractivity contribution in [2.24, 2.45) is 29.6 Å². The lowest BCUT2D eigenvalue weighted by Crippen LogP contribution is -2.27. The molecule has 1 aliphatic heterocycles. The van der Waals surface area contributed by atoms with Crippen molar-refractivity contribution in [3.05, 3.63) is 230 Å². The molecule has 5 aliphatic rings. The first kappa shape index (κ1) is 103. The van der Waals surface area contributed by atoms with Crippen molar-refractivity contribution in [3.63, 3.8) is 0 Å². The van der Waals surface area contributed by atoms with E-state index in [1.807, 2.05) is 113 Å². The average molecular weight is 2010 g/mol. The number of nitrogens with two attached hydrogens (primary N) is 1. The molecule has 11 aromatic rings. The molecule has 34 nitrogen and oxygen atoms in total. The molecule has 46 heteroatoms. The van der Waals surface area contributed by atoms with Crippen LogP contribution in [0.4, 0.5) is 69.6 Å². The fraction of sp³-hybridized carbons (Fsp3) is 0.393. The molecule has 0 radical (unpaired) electrons. The number of likely N-dealkylation sites (tertiary alicyclic amines) is 1. The van der Waals surface area contributed by atoms with Crippen LogP contribution in [-0.2, 0) is 50.1 Å². The number of hydrogen-bond acceptors (Lipinski definition) is 26. The number of carbonyl (C=O) groups is 5. The smallest absolute Gasteiger partial charge is 0.382 e. The monoisotopic (exact) mass is 2010 g/mol. The van der Waals surface area contributed by atoms with Crippen LogP contribution in [0.3, 0.4) is 0 Å². The van der Waals surface area contributed by atoms with Gasteiger partial charge in [0.2, 0.25) is 11.1 Å². The number of aryl methyl sites for hydroxylation is 3. The molecular formula is C84H98BrCl4F3N22O12S4. The maximum atomic E-state index is 12.6. The highest BCUT2D eigenvalue weighted by molar-refractivity contribution is 9.11. The van der Waals surface area contributed by atoms with Crippen LogP contribution in [0.1, 0.15) is 155 Å². The largest absolute Gasteiger partial charge is 0.523 e. The number of H-pyrrole nitrogens is 1. The number of nitrogens with one attached hydrogen (secondary N) is 6. The van der Waals surface area contributed by atoms with E-state index in [2.05, 4.69) is 105 Å². The number of allylic oxidation sites excluding steroid dienone is 1. The number of nitrogens with zero attached hydrogens (tertiary/aromatic N) is 15. The third-order valence-electron chi connectivity index (χ3n) is 20.8. The molecule has 1 atom stereocenters. The number of alkyl halides is 3. The van der Waals surface area contributed by atoms with Gasteiger partial charge in [0.1, 0.15) is 20.4 Å². The zero-order chi connectivity index (χ0) is 94.0. The van der Waals surface area contributed by atoms with Crippen molar-refractivity contribution in [1.82, 2.24) is 69.2 Å². The molecule has 5 fully saturated rings. The lowest BCUT2D eigenvalue weighted by atomic mass is 10.1. The van der Waals surface area contributed by atoms with Crippen molar-refractivity contribution in [3.8, 4) is 0 Å². The Labute approximate surface area is 788 Å². The second-order valence-electron chi connectivity index (χ2n) is 30.5. The summed E-state index contributed by atoms with van der Waals surface area (Å²) in [6, 6.07) is 24.8. The first-order valence-electron chi connectivity index (χ1n) is 41.2. The lowest BCUT2D eigenvalue weighted by Gasteiger charge is -2.14. The van der Waals surface area contributed by atoms with E-state index in [0.29, 0.717) is 91.0 Å². The third kappa shape index (κ3) is 33.5. The summed E-state index contributed by atoms with van der Waals surface area (Å²) in [5.41, 5.74) is 4.82. The standard InChI is InChI=1S/C22H23ClN6O2S.C20H22ClN5OS.C11H8BrClN2OS.C9H13N3O2.C9H15N3.C7H11F3O3S.C3H3ClO.C3H3N3O2/c1-3-19(30)28-9-7-15(12-28)13-29-10-8-18(27-29)25-22-24-11-17(32-22)21(31)26-20-14(2)5-4-6-16(20)23;1-13-5-4-8-15(21)18(13)24-19(27)16-11-22-20(28-16)23-17-9-10-26(25-17)12-14-6-2-3-7-14;1-6-3-2-4-7(13)9(6)15-10(16)8-5-14-11(12)17-8;13-12(14)9-5-6-11(10-9)7-8-3-1-2-4-8;10-9-5-6-12(11-9)7-8-3-1-2-4-8;8-7(9,10)14(11,12)13-5-6-3-1-2-4-6;1-2-3(4)5;7-6(8)3-1-2-4-5-3/h3-6,8,10-11,15H,1,7,9,12-13H2,2H3,(H,26,31)(H,24,25,27);4-5,8-11,14H,2-3,6-7,12H2,1H3,(H,24,27)(H,22,23,25);2-5H,1H3,(H,15,16);5-6,8H,1-4,7H2;5-6,8H,1-4,7H2,(H2,10,11);6H,1-5H2;2H,1H2;1-2H,(H,4,5). The van der Waals surface area contributed by atoms with Crippen molar-refractivity contribution in [2.45, 2.75) is 162 Å². The molecule has 130 heavy (non-hydrogen) atoms. The summed E-state index contributed by atoms with van der Waals surface area (Å²) < 4.78 is 68.4. The Morgan fingerprint density at radius 2 is 0.969 bits per heavy atom. The number of thiazole rings is 3. The van der Waals surface area contributed by atoms with Gasteiger partial charge in [0.15, 0.2) is 25.8 Å². The van der Waals surface area contributed by atoms with Gasteiger partial charge in [-0.05, 0) is 199 Å². The van der Waals surface area contributed by atoms with Gasteiger partial charge in [0, 0.05) is 63.4 Å². The molecule has 8 N–H and O–H groups in total. The molecule has 4 amide bonds. The summed E-state index contributed by atoms with van der Waals surface area (Å²) in [7, 11) is -5.39. The Kier molecular flexibility index (Phi) is 40.5. The fourth-order valence-electron chi connectivity index (χ4n) is 14.2. The first-order chi connectivity index (χ1) is 62.1. The van der Waals surface area contributed by atoms with Gasteiger partial charge in [0.25, 0.3) is 17.7 Å². The van der Waals surface area contributed by atoms with Gasteiger partial charge in [0.05, 0.1) is 93.5 Å². The normalized spacial score (nSPS) is 14.9. The van der Waals surface area contributed by atoms with E-state index in [1.165, 1.54) is 148 Å². The second-order valence-corrected chi connectivity index (χ2v) is 38.1. The van der Waals surface area contributed by atoms with Crippen molar-refractivity contribution >= 4 is 192 Å². The van der Waals surface area contributed by atoms with Gasteiger partial charge in [-0.15, -0.1) is 16.4 Å². The van der Waals surface area contributed by atoms with Gasteiger partial charge < -0.3 is 57.4 Å². The molecular weight excluding hydrogens is 1920 g/mol.